The minimum Gasteiger partial charge on any atom is -0.366 e. The van der Waals surface area contributed by atoms with Crippen molar-refractivity contribution >= 4 is 17.3 Å². The number of anilines is 3. The Kier molecular flexibility index (Phi) is 4.37. The van der Waals surface area contributed by atoms with Crippen LogP contribution in [-0.2, 0) is 6.54 Å². The maximum Gasteiger partial charge on any atom is 0.149 e. The normalized spacial score (nSPS) is 10.3. The summed E-state index contributed by atoms with van der Waals surface area (Å²) in [6.07, 6.45) is 4.81. The third-order valence-corrected chi connectivity index (χ3v) is 3.06. The van der Waals surface area contributed by atoms with Crippen molar-refractivity contribution in [2.24, 2.45) is 0 Å². The largest absolute Gasteiger partial charge is 0.366 e. The zero-order valence-corrected chi connectivity index (χ0v) is 12.0. The second kappa shape index (κ2) is 6.78. The van der Waals surface area contributed by atoms with E-state index in [-0.39, 0.29) is 5.69 Å². The smallest absolute Gasteiger partial charge is 0.149 e. The van der Waals surface area contributed by atoms with Gasteiger partial charge >= 0.3 is 0 Å². The summed E-state index contributed by atoms with van der Waals surface area (Å²) >= 11 is 0. The number of hydrogen-bond donors (Lipinski definition) is 2. The topological polar surface area (TPSA) is 62.7 Å². The van der Waals surface area contributed by atoms with E-state index in [1.165, 1.54) is 18.5 Å². The van der Waals surface area contributed by atoms with Crippen LogP contribution in [0, 0.1) is 11.6 Å². The summed E-state index contributed by atoms with van der Waals surface area (Å²) in [6, 6.07) is 8.73. The SMILES string of the molecule is Fc1ccc(Nc2cc(NCc3cccnc3)ncn2)c(F)c1. The second-order valence-electron chi connectivity index (χ2n) is 4.75. The van der Waals surface area contributed by atoms with Crippen LogP contribution in [0.25, 0.3) is 0 Å². The Morgan fingerprint density at radius 1 is 1.00 bits per heavy atom. The van der Waals surface area contributed by atoms with Crippen LogP contribution in [0.3, 0.4) is 0 Å². The summed E-state index contributed by atoms with van der Waals surface area (Å²) in [6.45, 7) is 0.551. The van der Waals surface area contributed by atoms with Gasteiger partial charge in [-0.15, -0.1) is 0 Å². The molecule has 0 aliphatic heterocycles. The zero-order chi connectivity index (χ0) is 16.1. The Balaban J connectivity index is 1.69. The van der Waals surface area contributed by atoms with Crippen molar-refractivity contribution in [2.75, 3.05) is 10.6 Å². The lowest BCUT2D eigenvalue weighted by Gasteiger charge is -2.09. The molecule has 0 fully saturated rings. The molecule has 23 heavy (non-hydrogen) atoms. The van der Waals surface area contributed by atoms with Crippen LogP contribution < -0.4 is 10.6 Å². The molecular formula is C16H13F2N5. The number of nitrogens with zero attached hydrogens (tertiary/aromatic N) is 3. The Hall–Kier alpha value is -3.09. The molecule has 0 aliphatic rings. The van der Waals surface area contributed by atoms with Gasteiger partial charge in [0.15, 0.2) is 0 Å². The molecule has 0 bridgehead atoms. The van der Waals surface area contributed by atoms with Crippen LogP contribution in [0.1, 0.15) is 5.56 Å². The average Bonchev–Trinajstić information content (AvgIpc) is 2.57. The lowest BCUT2D eigenvalue weighted by Crippen LogP contribution is -2.03. The van der Waals surface area contributed by atoms with E-state index in [0.29, 0.717) is 18.2 Å². The molecule has 1 aromatic carbocycles. The summed E-state index contributed by atoms with van der Waals surface area (Å²) in [5.41, 5.74) is 1.15. The first-order valence-corrected chi connectivity index (χ1v) is 6.87. The average molecular weight is 313 g/mol. The fourth-order valence-electron chi connectivity index (χ4n) is 1.95. The van der Waals surface area contributed by atoms with E-state index < -0.39 is 11.6 Å². The molecule has 3 rings (SSSR count). The molecule has 3 aromatic rings. The highest BCUT2D eigenvalue weighted by molar-refractivity contribution is 5.59. The van der Waals surface area contributed by atoms with Gasteiger partial charge in [0.05, 0.1) is 5.69 Å². The van der Waals surface area contributed by atoms with Gasteiger partial charge in [-0.05, 0) is 23.8 Å². The molecule has 0 radical (unpaired) electrons. The first kappa shape index (κ1) is 14.8. The van der Waals surface area contributed by atoms with Gasteiger partial charge in [0, 0.05) is 31.1 Å². The van der Waals surface area contributed by atoms with Gasteiger partial charge < -0.3 is 10.6 Å². The second-order valence-corrected chi connectivity index (χ2v) is 4.75. The van der Waals surface area contributed by atoms with Crippen molar-refractivity contribution in [1.82, 2.24) is 15.0 Å². The molecule has 0 saturated carbocycles. The third kappa shape index (κ3) is 3.97. The standard InChI is InChI=1S/C16H13F2N5/c17-12-3-4-14(13(18)6-12)23-16-7-15(21-10-22-16)20-9-11-2-1-5-19-8-11/h1-8,10H,9H2,(H2,20,21,22,23). The number of hydrogen-bond acceptors (Lipinski definition) is 5. The summed E-state index contributed by atoms with van der Waals surface area (Å²) in [5, 5.41) is 5.92. The monoisotopic (exact) mass is 313 g/mol. The van der Waals surface area contributed by atoms with Crippen LogP contribution in [0.15, 0.2) is 55.1 Å². The zero-order valence-electron chi connectivity index (χ0n) is 12.0. The Labute approximate surface area is 131 Å². The molecule has 2 N–H and O–H groups in total. The van der Waals surface area contributed by atoms with Gasteiger partial charge in [0.25, 0.3) is 0 Å². The van der Waals surface area contributed by atoms with Crippen LogP contribution in [0.4, 0.5) is 26.1 Å². The van der Waals surface area contributed by atoms with Gasteiger partial charge in [-0.2, -0.15) is 0 Å². The molecular weight excluding hydrogens is 300 g/mol. The Morgan fingerprint density at radius 2 is 1.87 bits per heavy atom. The molecule has 0 spiro atoms. The van der Waals surface area contributed by atoms with Crippen LogP contribution in [0.5, 0.6) is 0 Å². The van der Waals surface area contributed by atoms with E-state index in [1.807, 2.05) is 12.1 Å². The highest BCUT2D eigenvalue weighted by atomic mass is 19.1. The Morgan fingerprint density at radius 3 is 2.65 bits per heavy atom. The van der Waals surface area contributed by atoms with E-state index in [9.17, 15) is 8.78 Å². The molecule has 5 nitrogen and oxygen atoms in total. The summed E-state index contributed by atoms with van der Waals surface area (Å²) in [4.78, 5) is 12.1. The molecule has 0 unspecified atom stereocenters. The van der Waals surface area contributed by atoms with Crippen molar-refractivity contribution in [3.8, 4) is 0 Å². The number of pyridine rings is 1. The highest BCUT2D eigenvalue weighted by Crippen LogP contribution is 2.20. The fraction of sp³-hybridized carbons (Fsp3) is 0.0625. The summed E-state index contributed by atoms with van der Waals surface area (Å²) in [5.74, 6) is -0.337. The number of benzene rings is 1. The Bertz CT molecular complexity index is 795. The predicted octanol–water partition coefficient (Wildman–Crippen LogP) is 3.51. The number of nitrogens with one attached hydrogen (secondary N) is 2. The molecule has 0 amide bonds. The van der Waals surface area contributed by atoms with Crippen molar-refractivity contribution in [3.05, 3.63) is 72.3 Å². The molecule has 2 heterocycles. The van der Waals surface area contributed by atoms with Crippen molar-refractivity contribution in [1.29, 1.82) is 0 Å². The molecule has 116 valence electrons. The van der Waals surface area contributed by atoms with Gasteiger partial charge in [0.1, 0.15) is 29.6 Å². The number of halogens is 2. The summed E-state index contributed by atoms with van der Waals surface area (Å²) < 4.78 is 26.5. The van der Waals surface area contributed by atoms with E-state index >= 15 is 0 Å². The fourth-order valence-corrected chi connectivity index (χ4v) is 1.95. The van der Waals surface area contributed by atoms with Crippen molar-refractivity contribution in [2.45, 2.75) is 6.54 Å². The molecule has 0 atom stereocenters. The van der Waals surface area contributed by atoms with Crippen LogP contribution >= 0.6 is 0 Å². The summed E-state index contributed by atoms with van der Waals surface area (Å²) in [7, 11) is 0. The highest BCUT2D eigenvalue weighted by Gasteiger charge is 2.05. The van der Waals surface area contributed by atoms with Gasteiger partial charge in [-0.3, -0.25) is 4.98 Å². The molecule has 2 aromatic heterocycles. The maximum atomic E-state index is 13.6. The first-order chi connectivity index (χ1) is 11.2. The van der Waals surface area contributed by atoms with Crippen molar-refractivity contribution in [3.63, 3.8) is 0 Å². The van der Waals surface area contributed by atoms with Crippen LogP contribution in [0.2, 0.25) is 0 Å². The van der Waals surface area contributed by atoms with E-state index in [4.69, 9.17) is 0 Å². The quantitative estimate of drug-likeness (QED) is 0.755. The van der Waals surface area contributed by atoms with E-state index in [1.54, 1.807) is 18.5 Å². The number of aromatic nitrogens is 3. The van der Waals surface area contributed by atoms with Gasteiger partial charge in [0.2, 0.25) is 0 Å². The molecule has 0 aliphatic carbocycles. The minimum atomic E-state index is -0.687. The van der Waals surface area contributed by atoms with Gasteiger partial charge in [-0.25, -0.2) is 18.7 Å². The van der Waals surface area contributed by atoms with Crippen molar-refractivity contribution < 1.29 is 8.78 Å². The maximum absolute atomic E-state index is 13.6. The van der Waals surface area contributed by atoms with E-state index in [2.05, 4.69) is 25.6 Å². The molecule has 7 heteroatoms. The van der Waals surface area contributed by atoms with E-state index in [0.717, 1.165) is 11.6 Å². The minimum absolute atomic E-state index is 0.142. The first-order valence-electron chi connectivity index (χ1n) is 6.87. The predicted molar refractivity (Wildman–Crippen MR) is 83.2 cm³/mol. The number of rotatable bonds is 5. The van der Waals surface area contributed by atoms with Crippen LogP contribution in [-0.4, -0.2) is 15.0 Å². The molecule has 0 saturated heterocycles. The lowest BCUT2D eigenvalue weighted by molar-refractivity contribution is 0.586. The van der Waals surface area contributed by atoms with Gasteiger partial charge in [-0.1, -0.05) is 6.07 Å². The lowest BCUT2D eigenvalue weighted by atomic mass is 10.3. The third-order valence-electron chi connectivity index (χ3n) is 3.06.